The Hall–Kier alpha value is -3.48. The van der Waals surface area contributed by atoms with Crippen LogP contribution in [0.15, 0.2) is 91.0 Å². The fraction of sp³-hybridized carbons (Fsp3) is 0.259. The summed E-state index contributed by atoms with van der Waals surface area (Å²) in [6, 6.07) is 29.6. The van der Waals surface area contributed by atoms with Crippen LogP contribution in [0.5, 0.6) is 0 Å². The van der Waals surface area contributed by atoms with E-state index in [9.17, 15) is 9.59 Å². The van der Waals surface area contributed by atoms with Gasteiger partial charge in [0, 0.05) is 13.1 Å². The molecule has 0 amide bonds. The van der Waals surface area contributed by atoms with Gasteiger partial charge >= 0.3 is 11.9 Å². The van der Waals surface area contributed by atoms with Crippen molar-refractivity contribution in [2.45, 2.75) is 18.1 Å². The summed E-state index contributed by atoms with van der Waals surface area (Å²) in [6.45, 7) is 1.52. The van der Waals surface area contributed by atoms with Gasteiger partial charge in [-0.1, -0.05) is 96.1 Å². The van der Waals surface area contributed by atoms with E-state index in [1.165, 1.54) is 5.06 Å². The van der Waals surface area contributed by atoms with E-state index in [4.69, 9.17) is 9.57 Å². The Kier molecular flexibility index (Phi) is 5.94. The van der Waals surface area contributed by atoms with Gasteiger partial charge < -0.3 is 14.9 Å². The number of nitrogens with one attached hydrogen (secondary N) is 1. The van der Waals surface area contributed by atoms with E-state index in [0.29, 0.717) is 19.6 Å². The van der Waals surface area contributed by atoms with Crippen LogP contribution in [-0.4, -0.2) is 42.9 Å². The Morgan fingerprint density at radius 1 is 0.788 bits per heavy atom. The standard InChI is InChI=1S/C27H26N2O4/c30-25-18-23(26(31)33-29-17-16-28-19-24(29)32-25)27(20-10-4-1-5-11-20,21-12-6-2-7-13-21)22-14-8-3-9-15-22/h1-15,23-24,28H,16-19H2. The number of benzene rings is 3. The quantitative estimate of drug-likeness (QED) is 0.494. The van der Waals surface area contributed by atoms with Crippen molar-refractivity contribution in [1.82, 2.24) is 10.4 Å². The molecule has 0 bridgehead atoms. The zero-order chi connectivity index (χ0) is 22.7. The number of hydrogen-bond acceptors (Lipinski definition) is 6. The van der Waals surface area contributed by atoms with Gasteiger partial charge in [-0.25, -0.2) is 4.79 Å². The van der Waals surface area contributed by atoms with E-state index in [2.05, 4.69) is 5.32 Å². The van der Waals surface area contributed by atoms with Gasteiger partial charge in [-0.15, -0.1) is 0 Å². The minimum absolute atomic E-state index is 0.0954. The lowest BCUT2D eigenvalue weighted by Crippen LogP contribution is -2.57. The second-order valence-electron chi connectivity index (χ2n) is 8.36. The maximum Gasteiger partial charge on any atom is 0.330 e. The normalized spacial score (nSPS) is 21.8. The number of ether oxygens (including phenoxy) is 1. The monoisotopic (exact) mass is 442 g/mol. The minimum Gasteiger partial charge on any atom is -0.442 e. The number of piperazine rings is 1. The van der Waals surface area contributed by atoms with E-state index in [0.717, 1.165) is 16.7 Å². The average Bonchev–Trinajstić information content (AvgIpc) is 2.86. The van der Waals surface area contributed by atoms with Gasteiger partial charge in [-0.05, 0) is 16.7 Å². The fourth-order valence-electron chi connectivity index (χ4n) is 5.03. The molecule has 2 saturated heterocycles. The van der Waals surface area contributed by atoms with Gasteiger partial charge in [0.15, 0.2) is 6.23 Å². The summed E-state index contributed by atoms with van der Waals surface area (Å²) >= 11 is 0. The molecule has 2 aliphatic heterocycles. The van der Waals surface area contributed by atoms with Gasteiger partial charge in [0.1, 0.15) is 0 Å². The van der Waals surface area contributed by atoms with Crippen molar-refractivity contribution in [2.75, 3.05) is 19.6 Å². The Bertz CT molecular complexity index is 1010. The summed E-state index contributed by atoms with van der Waals surface area (Å²) in [5, 5.41) is 4.67. The Morgan fingerprint density at radius 3 is 1.82 bits per heavy atom. The Morgan fingerprint density at radius 2 is 1.30 bits per heavy atom. The fourth-order valence-corrected chi connectivity index (χ4v) is 5.03. The maximum absolute atomic E-state index is 13.8. The SMILES string of the molecule is O=C1CC(C(c2ccccc2)(c2ccccc2)c2ccccc2)C(=O)ON2CCNCC2O1. The first-order valence-electron chi connectivity index (χ1n) is 11.2. The number of rotatable bonds is 4. The van der Waals surface area contributed by atoms with Crippen LogP contribution in [0.3, 0.4) is 0 Å². The van der Waals surface area contributed by atoms with Crippen LogP contribution in [0.2, 0.25) is 0 Å². The van der Waals surface area contributed by atoms with Crippen molar-refractivity contribution in [2.24, 2.45) is 5.92 Å². The molecule has 0 aliphatic carbocycles. The molecule has 2 atom stereocenters. The van der Waals surface area contributed by atoms with Gasteiger partial charge in [-0.2, -0.15) is 0 Å². The van der Waals surface area contributed by atoms with Crippen LogP contribution < -0.4 is 5.32 Å². The minimum atomic E-state index is -0.944. The molecule has 1 N–H and O–H groups in total. The van der Waals surface area contributed by atoms with E-state index < -0.39 is 29.5 Å². The number of nitrogens with zero attached hydrogens (tertiary/aromatic N) is 1. The molecule has 2 aliphatic rings. The Labute approximate surface area is 193 Å². The van der Waals surface area contributed by atoms with Crippen LogP contribution in [0, 0.1) is 5.92 Å². The van der Waals surface area contributed by atoms with Crippen LogP contribution in [0.25, 0.3) is 0 Å². The highest BCUT2D eigenvalue weighted by atomic mass is 16.7. The average molecular weight is 443 g/mol. The van der Waals surface area contributed by atoms with Crippen LogP contribution in [0.4, 0.5) is 0 Å². The molecular formula is C27H26N2O4. The van der Waals surface area contributed by atoms with Crippen LogP contribution in [0.1, 0.15) is 23.1 Å². The molecule has 3 aromatic carbocycles. The molecule has 33 heavy (non-hydrogen) atoms. The van der Waals surface area contributed by atoms with Gasteiger partial charge in [0.2, 0.25) is 0 Å². The number of carbonyl (C=O) groups is 2. The van der Waals surface area contributed by atoms with Crippen molar-refractivity contribution in [3.8, 4) is 0 Å². The lowest BCUT2D eigenvalue weighted by atomic mass is 9.61. The highest BCUT2D eigenvalue weighted by Gasteiger charge is 2.51. The van der Waals surface area contributed by atoms with Crippen molar-refractivity contribution >= 4 is 11.9 Å². The largest absolute Gasteiger partial charge is 0.442 e. The number of fused-ring (bicyclic) bond motifs is 1. The second-order valence-corrected chi connectivity index (χ2v) is 8.36. The maximum atomic E-state index is 13.8. The van der Waals surface area contributed by atoms with Crippen molar-refractivity contribution < 1.29 is 19.2 Å². The Balaban J connectivity index is 1.73. The molecule has 2 fully saturated rings. The first-order valence-corrected chi connectivity index (χ1v) is 11.2. The molecule has 6 nitrogen and oxygen atoms in total. The highest BCUT2D eigenvalue weighted by Crippen LogP contribution is 2.47. The van der Waals surface area contributed by atoms with E-state index in [1.54, 1.807) is 0 Å². The van der Waals surface area contributed by atoms with E-state index in [1.807, 2.05) is 91.0 Å². The third-order valence-electron chi connectivity index (χ3n) is 6.49. The zero-order valence-electron chi connectivity index (χ0n) is 18.2. The molecule has 2 heterocycles. The topological polar surface area (TPSA) is 67.9 Å². The summed E-state index contributed by atoms with van der Waals surface area (Å²) < 4.78 is 5.72. The van der Waals surface area contributed by atoms with Gasteiger partial charge in [0.25, 0.3) is 0 Å². The molecule has 2 unspecified atom stereocenters. The lowest BCUT2D eigenvalue weighted by molar-refractivity contribution is -0.257. The van der Waals surface area contributed by atoms with Crippen molar-refractivity contribution in [3.05, 3.63) is 108 Å². The van der Waals surface area contributed by atoms with Gasteiger partial charge in [0.05, 0.1) is 24.3 Å². The number of carbonyl (C=O) groups excluding carboxylic acids is 2. The number of hydroxylamine groups is 2. The highest BCUT2D eigenvalue weighted by molar-refractivity contribution is 5.84. The summed E-state index contributed by atoms with van der Waals surface area (Å²) in [5.41, 5.74) is 1.79. The number of esters is 1. The summed E-state index contributed by atoms with van der Waals surface area (Å²) in [6.07, 6.45) is -0.710. The molecule has 0 radical (unpaired) electrons. The summed E-state index contributed by atoms with van der Waals surface area (Å²) in [4.78, 5) is 32.8. The molecule has 168 valence electrons. The summed E-state index contributed by atoms with van der Waals surface area (Å²) in [5.74, 6) is -1.68. The smallest absolute Gasteiger partial charge is 0.330 e. The van der Waals surface area contributed by atoms with Crippen LogP contribution >= 0.6 is 0 Å². The molecule has 0 spiro atoms. The third kappa shape index (κ3) is 3.92. The molecule has 0 saturated carbocycles. The molecular weight excluding hydrogens is 416 g/mol. The first-order chi connectivity index (χ1) is 16.2. The van der Waals surface area contributed by atoms with Crippen molar-refractivity contribution in [1.29, 1.82) is 0 Å². The zero-order valence-corrected chi connectivity index (χ0v) is 18.2. The van der Waals surface area contributed by atoms with Gasteiger partial charge in [-0.3, -0.25) is 4.79 Å². The third-order valence-corrected chi connectivity index (χ3v) is 6.49. The molecule has 5 rings (SSSR count). The molecule has 0 aromatic heterocycles. The number of hydrogen-bond donors (Lipinski definition) is 1. The van der Waals surface area contributed by atoms with E-state index >= 15 is 0 Å². The second kappa shape index (κ2) is 9.17. The predicted molar refractivity (Wildman–Crippen MR) is 123 cm³/mol. The first kappa shape index (κ1) is 21.4. The molecule has 3 aromatic rings. The summed E-state index contributed by atoms with van der Waals surface area (Å²) in [7, 11) is 0. The predicted octanol–water partition coefficient (Wildman–Crippen LogP) is 3.27. The van der Waals surface area contributed by atoms with Crippen molar-refractivity contribution in [3.63, 3.8) is 0 Å². The van der Waals surface area contributed by atoms with Crippen LogP contribution in [-0.2, 0) is 24.6 Å². The van der Waals surface area contributed by atoms with E-state index in [-0.39, 0.29) is 6.42 Å². The molecule has 6 heteroatoms. The lowest BCUT2D eigenvalue weighted by Gasteiger charge is -2.44.